The zero-order chi connectivity index (χ0) is 18.0. The van der Waals surface area contributed by atoms with E-state index in [1.54, 1.807) is 12.4 Å². The van der Waals surface area contributed by atoms with Crippen LogP contribution in [0.15, 0.2) is 46.4 Å². The van der Waals surface area contributed by atoms with Gasteiger partial charge in [0.2, 0.25) is 0 Å². The lowest BCUT2D eigenvalue weighted by molar-refractivity contribution is 0.0898. The van der Waals surface area contributed by atoms with Gasteiger partial charge in [0.05, 0.1) is 23.0 Å². The Labute approximate surface area is 145 Å². The van der Waals surface area contributed by atoms with Crippen molar-refractivity contribution >= 4 is 19.1 Å². The predicted octanol–water partition coefficient (Wildman–Crippen LogP) is 2.19. The molecule has 1 aromatic carbocycles. The van der Waals surface area contributed by atoms with Crippen molar-refractivity contribution in [3.05, 3.63) is 57.6 Å². The highest BCUT2D eigenvalue weighted by molar-refractivity contribution is 6.76. The van der Waals surface area contributed by atoms with Crippen molar-refractivity contribution in [2.24, 2.45) is 0 Å². The fourth-order valence-corrected chi connectivity index (χ4v) is 3.22. The second-order valence-corrected chi connectivity index (χ2v) is 12.8. The Morgan fingerprint density at radius 3 is 2.72 bits per heavy atom. The first-order valence-corrected chi connectivity index (χ1v) is 11.9. The summed E-state index contributed by atoms with van der Waals surface area (Å²) in [6, 6.07) is 7.94. The monoisotopic (exact) mass is 358 g/mol. The van der Waals surface area contributed by atoms with Crippen LogP contribution in [-0.4, -0.2) is 33.8 Å². The molecule has 0 radical (unpaired) electrons. The van der Waals surface area contributed by atoms with E-state index in [0.29, 0.717) is 12.4 Å². The molecule has 0 bridgehead atoms. The van der Waals surface area contributed by atoms with Gasteiger partial charge in [0.15, 0.2) is 0 Å². The highest BCUT2D eigenvalue weighted by Gasteiger charge is 2.12. The first kappa shape index (κ1) is 17.4. The number of fused-ring (bicyclic) bond motifs is 1. The number of nitrogens with one attached hydrogen (secondary N) is 1. The average molecular weight is 358 g/mol. The number of aromatic nitrogens is 4. The standard InChI is InChI=1S/C17H22N4O3Si/c1-25(2,3)9-8-24-12-20-11-18-14-5-4-13(10-15(14)20)21-7-6-16(22)19-17(21)23/h4-7,10-11H,8-9,12H2,1-3H3,(H,19,22,23). The van der Waals surface area contributed by atoms with Crippen LogP contribution in [0.3, 0.4) is 0 Å². The van der Waals surface area contributed by atoms with Crippen LogP contribution < -0.4 is 11.2 Å². The van der Waals surface area contributed by atoms with Crippen LogP contribution in [-0.2, 0) is 11.5 Å². The van der Waals surface area contributed by atoms with Crippen LogP contribution in [0.5, 0.6) is 0 Å². The number of benzene rings is 1. The second kappa shape index (κ2) is 6.81. The number of ether oxygens (including phenoxy) is 1. The Morgan fingerprint density at radius 2 is 2.00 bits per heavy atom. The fraction of sp³-hybridized carbons (Fsp3) is 0.353. The van der Waals surface area contributed by atoms with Crippen molar-refractivity contribution in [1.29, 1.82) is 0 Å². The molecule has 2 heterocycles. The van der Waals surface area contributed by atoms with E-state index in [1.165, 1.54) is 16.8 Å². The van der Waals surface area contributed by atoms with Gasteiger partial charge < -0.3 is 9.30 Å². The number of hydrogen-bond acceptors (Lipinski definition) is 4. The SMILES string of the molecule is C[Si](C)(C)CCOCn1cnc2ccc(-n3ccc(=O)[nH]c3=O)cc21. The number of rotatable bonds is 6. The Balaban J connectivity index is 1.84. The van der Waals surface area contributed by atoms with Crippen LogP contribution in [0.25, 0.3) is 16.7 Å². The molecule has 0 aliphatic carbocycles. The van der Waals surface area contributed by atoms with Crippen LogP contribution in [0.1, 0.15) is 0 Å². The molecule has 8 heteroatoms. The first-order valence-electron chi connectivity index (χ1n) is 8.18. The summed E-state index contributed by atoms with van der Waals surface area (Å²) in [6.45, 7) is 8.10. The maximum Gasteiger partial charge on any atom is 0.332 e. The summed E-state index contributed by atoms with van der Waals surface area (Å²) in [6.07, 6.45) is 3.20. The fourth-order valence-electron chi connectivity index (χ4n) is 2.46. The Kier molecular flexibility index (Phi) is 4.73. The third-order valence-corrected chi connectivity index (χ3v) is 5.64. The Bertz CT molecular complexity index is 997. The van der Waals surface area contributed by atoms with Gasteiger partial charge in [-0.15, -0.1) is 0 Å². The smallest absolute Gasteiger partial charge is 0.332 e. The number of nitrogens with zero attached hydrogens (tertiary/aromatic N) is 3. The Morgan fingerprint density at radius 1 is 1.20 bits per heavy atom. The zero-order valence-electron chi connectivity index (χ0n) is 14.7. The molecule has 0 atom stereocenters. The third-order valence-electron chi connectivity index (χ3n) is 3.93. The molecule has 0 fully saturated rings. The summed E-state index contributed by atoms with van der Waals surface area (Å²) < 4.78 is 9.10. The van der Waals surface area contributed by atoms with E-state index in [-0.39, 0.29) is 0 Å². The van der Waals surface area contributed by atoms with E-state index >= 15 is 0 Å². The van der Waals surface area contributed by atoms with Gasteiger partial charge in [-0.3, -0.25) is 14.3 Å². The molecular weight excluding hydrogens is 336 g/mol. The Hall–Kier alpha value is -2.45. The zero-order valence-corrected chi connectivity index (χ0v) is 15.7. The van der Waals surface area contributed by atoms with Crippen molar-refractivity contribution < 1.29 is 4.74 Å². The van der Waals surface area contributed by atoms with E-state index in [4.69, 9.17) is 4.74 Å². The quantitative estimate of drug-likeness (QED) is 0.541. The van der Waals surface area contributed by atoms with Crippen molar-refractivity contribution in [1.82, 2.24) is 19.1 Å². The molecule has 7 nitrogen and oxygen atoms in total. The van der Waals surface area contributed by atoms with E-state index in [9.17, 15) is 9.59 Å². The van der Waals surface area contributed by atoms with E-state index in [2.05, 4.69) is 29.6 Å². The summed E-state index contributed by atoms with van der Waals surface area (Å²) in [4.78, 5) is 29.8. The maximum atomic E-state index is 12.0. The molecule has 0 aliphatic rings. The van der Waals surface area contributed by atoms with Crippen molar-refractivity contribution in [2.45, 2.75) is 32.4 Å². The molecule has 0 aliphatic heterocycles. The van der Waals surface area contributed by atoms with Gasteiger partial charge in [0, 0.05) is 26.9 Å². The normalized spacial score (nSPS) is 12.0. The van der Waals surface area contributed by atoms with Crippen molar-refractivity contribution in [3.8, 4) is 5.69 Å². The summed E-state index contributed by atoms with van der Waals surface area (Å²) >= 11 is 0. The lowest BCUT2D eigenvalue weighted by atomic mass is 10.2. The van der Waals surface area contributed by atoms with Crippen LogP contribution in [0.2, 0.25) is 25.7 Å². The number of imidazole rings is 1. The molecule has 1 N–H and O–H groups in total. The van der Waals surface area contributed by atoms with Crippen LogP contribution in [0.4, 0.5) is 0 Å². The summed E-state index contributed by atoms with van der Waals surface area (Å²) in [5.74, 6) is 0. The van der Waals surface area contributed by atoms with Gasteiger partial charge in [0.25, 0.3) is 5.56 Å². The molecule has 25 heavy (non-hydrogen) atoms. The van der Waals surface area contributed by atoms with Gasteiger partial charge in [-0.2, -0.15) is 0 Å². The third kappa shape index (κ3) is 4.15. The predicted molar refractivity (Wildman–Crippen MR) is 100 cm³/mol. The van der Waals surface area contributed by atoms with Crippen molar-refractivity contribution in [2.75, 3.05) is 6.61 Å². The van der Waals surface area contributed by atoms with E-state index in [0.717, 1.165) is 23.7 Å². The minimum absolute atomic E-state index is 0.414. The lowest BCUT2D eigenvalue weighted by Crippen LogP contribution is -2.27. The first-order chi connectivity index (χ1) is 11.8. The van der Waals surface area contributed by atoms with Crippen LogP contribution >= 0.6 is 0 Å². The van der Waals surface area contributed by atoms with Gasteiger partial charge in [0.1, 0.15) is 6.73 Å². The molecule has 0 unspecified atom stereocenters. The lowest BCUT2D eigenvalue weighted by Gasteiger charge is -2.15. The number of aromatic amines is 1. The molecule has 3 aromatic rings. The van der Waals surface area contributed by atoms with E-state index < -0.39 is 19.3 Å². The molecule has 2 aromatic heterocycles. The van der Waals surface area contributed by atoms with Gasteiger partial charge in [-0.1, -0.05) is 19.6 Å². The van der Waals surface area contributed by atoms with Gasteiger partial charge >= 0.3 is 5.69 Å². The highest BCUT2D eigenvalue weighted by atomic mass is 28.3. The minimum Gasteiger partial charge on any atom is -0.361 e. The highest BCUT2D eigenvalue weighted by Crippen LogP contribution is 2.17. The number of H-pyrrole nitrogens is 1. The van der Waals surface area contributed by atoms with E-state index in [1.807, 2.05) is 16.7 Å². The van der Waals surface area contributed by atoms with Crippen molar-refractivity contribution in [3.63, 3.8) is 0 Å². The number of hydrogen-bond donors (Lipinski definition) is 1. The second-order valence-electron chi connectivity index (χ2n) is 7.22. The van der Waals surface area contributed by atoms with Gasteiger partial charge in [-0.25, -0.2) is 9.78 Å². The van der Waals surface area contributed by atoms with Gasteiger partial charge in [-0.05, 0) is 24.2 Å². The molecule has 0 amide bonds. The summed E-state index contributed by atoms with van der Waals surface area (Å²) in [7, 11) is -1.11. The molecule has 3 rings (SSSR count). The average Bonchev–Trinajstić information content (AvgIpc) is 2.93. The molecule has 0 spiro atoms. The molecule has 0 saturated carbocycles. The molecule has 132 valence electrons. The maximum absolute atomic E-state index is 12.0. The summed E-state index contributed by atoms with van der Waals surface area (Å²) in [5.41, 5.74) is 1.49. The molecular formula is C17H22N4O3Si. The summed E-state index contributed by atoms with van der Waals surface area (Å²) in [5, 5.41) is 0. The largest absolute Gasteiger partial charge is 0.361 e. The molecule has 0 saturated heterocycles. The van der Waals surface area contributed by atoms with Crippen LogP contribution in [0, 0.1) is 0 Å². The topological polar surface area (TPSA) is 81.9 Å². The minimum atomic E-state index is -1.11.